The molecular weight excluding hydrogens is 291 g/mol. The molecular formula is C18H23FN4. The summed E-state index contributed by atoms with van der Waals surface area (Å²) in [4.78, 5) is 11.1. The lowest BCUT2D eigenvalue weighted by Crippen LogP contribution is -2.38. The molecule has 122 valence electrons. The summed E-state index contributed by atoms with van der Waals surface area (Å²) >= 11 is 0. The number of nitrogens with one attached hydrogen (secondary N) is 1. The molecule has 1 N–H and O–H groups in total. The molecule has 1 saturated carbocycles. The van der Waals surface area contributed by atoms with Gasteiger partial charge < -0.3 is 10.2 Å². The molecule has 0 aliphatic heterocycles. The molecule has 1 aromatic carbocycles. The van der Waals surface area contributed by atoms with Gasteiger partial charge in [0.2, 0.25) is 5.95 Å². The van der Waals surface area contributed by atoms with Crippen LogP contribution in [0.15, 0.2) is 36.7 Å². The average molecular weight is 314 g/mol. The third-order valence-corrected chi connectivity index (χ3v) is 4.54. The Balaban J connectivity index is 1.64. The molecule has 1 aromatic heterocycles. The SMILES string of the molecule is CN(C)C1CCCC(Nc2ncc(-c3ccc(F)cc3)cn2)C1. The zero-order chi connectivity index (χ0) is 16.2. The second kappa shape index (κ2) is 7.04. The minimum absolute atomic E-state index is 0.235. The van der Waals surface area contributed by atoms with Crippen molar-refractivity contribution in [2.75, 3.05) is 19.4 Å². The van der Waals surface area contributed by atoms with Crippen LogP contribution < -0.4 is 5.32 Å². The highest BCUT2D eigenvalue weighted by atomic mass is 19.1. The first kappa shape index (κ1) is 15.9. The number of hydrogen-bond donors (Lipinski definition) is 1. The minimum Gasteiger partial charge on any atom is -0.351 e. The molecule has 4 nitrogen and oxygen atoms in total. The van der Waals surface area contributed by atoms with Gasteiger partial charge in [0.25, 0.3) is 0 Å². The van der Waals surface area contributed by atoms with E-state index in [4.69, 9.17) is 0 Å². The quantitative estimate of drug-likeness (QED) is 0.937. The summed E-state index contributed by atoms with van der Waals surface area (Å²) in [7, 11) is 4.28. The highest BCUT2D eigenvalue weighted by Gasteiger charge is 2.23. The summed E-state index contributed by atoms with van der Waals surface area (Å²) in [5.74, 6) is 0.431. The normalized spacial score (nSPS) is 21.4. The topological polar surface area (TPSA) is 41.0 Å². The van der Waals surface area contributed by atoms with Gasteiger partial charge in [-0.25, -0.2) is 14.4 Å². The summed E-state index contributed by atoms with van der Waals surface area (Å²) in [6.07, 6.45) is 8.34. The lowest BCUT2D eigenvalue weighted by molar-refractivity contribution is 0.219. The number of benzene rings is 1. The zero-order valence-electron chi connectivity index (χ0n) is 13.7. The van der Waals surface area contributed by atoms with Crippen LogP contribution in [-0.4, -0.2) is 41.0 Å². The Labute approximate surface area is 136 Å². The van der Waals surface area contributed by atoms with E-state index in [-0.39, 0.29) is 5.82 Å². The van der Waals surface area contributed by atoms with Crippen LogP contribution >= 0.6 is 0 Å². The Morgan fingerprint density at radius 3 is 2.39 bits per heavy atom. The predicted molar refractivity (Wildman–Crippen MR) is 90.8 cm³/mol. The van der Waals surface area contributed by atoms with Crippen molar-refractivity contribution < 1.29 is 4.39 Å². The number of aromatic nitrogens is 2. The van der Waals surface area contributed by atoms with Crippen molar-refractivity contribution in [1.29, 1.82) is 0 Å². The van der Waals surface area contributed by atoms with Crippen molar-refractivity contribution in [2.45, 2.75) is 37.8 Å². The summed E-state index contributed by atoms with van der Waals surface area (Å²) in [6, 6.07) is 7.43. The molecule has 3 rings (SSSR count). The molecule has 1 aliphatic carbocycles. The van der Waals surface area contributed by atoms with E-state index in [1.807, 2.05) is 0 Å². The first-order chi connectivity index (χ1) is 11.1. The van der Waals surface area contributed by atoms with E-state index in [9.17, 15) is 4.39 Å². The van der Waals surface area contributed by atoms with Gasteiger partial charge in [-0.05, 0) is 57.5 Å². The number of halogens is 1. The van der Waals surface area contributed by atoms with Crippen molar-refractivity contribution in [3.05, 3.63) is 42.5 Å². The molecule has 5 heteroatoms. The van der Waals surface area contributed by atoms with Gasteiger partial charge in [0.05, 0.1) is 0 Å². The Hall–Kier alpha value is -2.01. The van der Waals surface area contributed by atoms with E-state index >= 15 is 0 Å². The molecule has 1 aliphatic rings. The van der Waals surface area contributed by atoms with E-state index in [1.165, 1.54) is 25.0 Å². The molecule has 2 atom stereocenters. The smallest absolute Gasteiger partial charge is 0.222 e. The second-order valence-corrected chi connectivity index (χ2v) is 6.43. The largest absolute Gasteiger partial charge is 0.351 e. The van der Waals surface area contributed by atoms with Gasteiger partial charge in [-0.3, -0.25) is 0 Å². The van der Waals surface area contributed by atoms with E-state index < -0.39 is 0 Å². The summed E-state index contributed by atoms with van der Waals surface area (Å²) in [5, 5.41) is 3.44. The third-order valence-electron chi connectivity index (χ3n) is 4.54. The molecule has 0 amide bonds. The maximum absolute atomic E-state index is 13.0. The first-order valence-electron chi connectivity index (χ1n) is 8.13. The fraction of sp³-hybridized carbons (Fsp3) is 0.444. The summed E-state index contributed by atoms with van der Waals surface area (Å²) in [6.45, 7) is 0. The Kier molecular flexibility index (Phi) is 4.86. The van der Waals surface area contributed by atoms with Gasteiger partial charge in [-0.15, -0.1) is 0 Å². The monoisotopic (exact) mass is 314 g/mol. The number of hydrogen-bond acceptors (Lipinski definition) is 4. The van der Waals surface area contributed by atoms with Crippen LogP contribution in [0.1, 0.15) is 25.7 Å². The molecule has 2 unspecified atom stereocenters. The van der Waals surface area contributed by atoms with Crippen LogP contribution in [0.3, 0.4) is 0 Å². The molecule has 2 aromatic rings. The predicted octanol–water partition coefficient (Wildman–Crippen LogP) is 3.57. The van der Waals surface area contributed by atoms with Gasteiger partial charge in [0.15, 0.2) is 0 Å². The summed E-state index contributed by atoms with van der Waals surface area (Å²) in [5.41, 5.74) is 1.81. The van der Waals surface area contributed by atoms with Crippen molar-refractivity contribution in [1.82, 2.24) is 14.9 Å². The Bertz CT molecular complexity index is 624. The van der Waals surface area contributed by atoms with Crippen molar-refractivity contribution in [3.8, 4) is 11.1 Å². The van der Waals surface area contributed by atoms with Gasteiger partial charge in [0, 0.05) is 30.0 Å². The molecule has 0 bridgehead atoms. The van der Waals surface area contributed by atoms with Crippen molar-refractivity contribution in [3.63, 3.8) is 0 Å². The average Bonchev–Trinajstić information content (AvgIpc) is 2.57. The Morgan fingerprint density at radius 1 is 1.04 bits per heavy atom. The molecule has 0 spiro atoms. The van der Waals surface area contributed by atoms with Gasteiger partial charge >= 0.3 is 0 Å². The van der Waals surface area contributed by atoms with Crippen LogP contribution in [-0.2, 0) is 0 Å². The third kappa shape index (κ3) is 4.05. The van der Waals surface area contributed by atoms with Gasteiger partial charge in [-0.1, -0.05) is 12.1 Å². The van der Waals surface area contributed by atoms with Gasteiger partial charge in [-0.2, -0.15) is 0 Å². The van der Waals surface area contributed by atoms with Crippen LogP contribution in [0, 0.1) is 5.82 Å². The van der Waals surface area contributed by atoms with Gasteiger partial charge in [0.1, 0.15) is 5.82 Å². The standard InChI is InChI=1S/C18H23FN4/c1-23(2)17-5-3-4-16(10-17)22-18-20-11-14(12-21-18)13-6-8-15(19)9-7-13/h6-9,11-12,16-17H,3-5,10H2,1-2H3,(H,20,21,22). The molecule has 0 radical (unpaired) electrons. The molecule has 1 heterocycles. The Morgan fingerprint density at radius 2 is 1.74 bits per heavy atom. The number of rotatable bonds is 4. The fourth-order valence-electron chi connectivity index (χ4n) is 3.14. The van der Waals surface area contributed by atoms with Crippen LogP contribution in [0.4, 0.5) is 10.3 Å². The number of nitrogens with zero attached hydrogens (tertiary/aromatic N) is 3. The first-order valence-corrected chi connectivity index (χ1v) is 8.13. The lowest BCUT2D eigenvalue weighted by atomic mass is 9.90. The van der Waals surface area contributed by atoms with Crippen molar-refractivity contribution in [2.24, 2.45) is 0 Å². The second-order valence-electron chi connectivity index (χ2n) is 6.43. The fourth-order valence-corrected chi connectivity index (χ4v) is 3.14. The van der Waals surface area contributed by atoms with Crippen molar-refractivity contribution >= 4 is 5.95 Å². The van der Waals surface area contributed by atoms with Crippen LogP contribution in [0.2, 0.25) is 0 Å². The van der Waals surface area contributed by atoms with E-state index in [0.717, 1.165) is 24.0 Å². The lowest BCUT2D eigenvalue weighted by Gasteiger charge is -2.33. The zero-order valence-corrected chi connectivity index (χ0v) is 13.7. The molecule has 23 heavy (non-hydrogen) atoms. The van der Waals surface area contributed by atoms with Crippen LogP contribution in [0.25, 0.3) is 11.1 Å². The summed E-state index contributed by atoms with van der Waals surface area (Å²) < 4.78 is 13.0. The van der Waals surface area contributed by atoms with E-state index in [2.05, 4.69) is 34.3 Å². The van der Waals surface area contributed by atoms with Crippen LogP contribution in [0.5, 0.6) is 0 Å². The maximum atomic E-state index is 13.0. The highest BCUT2D eigenvalue weighted by Crippen LogP contribution is 2.24. The van der Waals surface area contributed by atoms with E-state index in [0.29, 0.717) is 18.0 Å². The molecule has 0 saturated heterocycles. The minimum atomic E-state index is -0.235. The highest BCUT2D eigenvalue weighted by molar-refractivity contribution is 5.61. The number of anilines is 1. The molecule has 1 fully saturated rings. The maximum Gasteiger partial charge on any atom is 0.222 e. The van der Waals surface area contributed by atoms with E-state index in [1.54, 1.807) is 24.5 Å².